The molecule has 0 saturated carbocycles. The number of rotatable bonds is 6. The molecule has 0 aromatic rings. The Hall–Kier alpha value is -0.920. The van der Waals surface area contributed by atoms with Crippen LogP contribution in [0.1, 0.15) is 12.8 Å². The van der Waals surface area contributed by atoms with E-state index in [1.165, 1.54) is 5.41 Å². The van der Waals surface area contributed by atoms with Gasteiger partial charge in [0.05, 0.1) is 19.0 Å². The van der Waals surface area contributed by atoms with Gasteiger partial charge in [0.2, 0.25) is 5.91 Å². The number of nitrogens with zero attached hydrogens (tertiary/aromatic N) is 1. The quantitative estimate of drug-likeness (QED) is 0.686. The smallest absolute Gasteiger partial charge is 0.220 e. The zero-order valence-electron chi connectivity index (χ0n) is 11.6. The van der Waals surface area contributed by atoms with Crippen LogP contribution < -0.4 is 5.32 Å². The van der Waals surface area contributed by atoms with Gasteiger partial charge in [-0.3, -0.25) is 9.69 Å². The summed E-state index contributed by atoms with van der Waals surface area (Å²) in [5.74, 6) is -0.174. The second-order valence-electron chi connectivity index (χ2n) is 5.28. The molecule has 2 aliphatic heterocycles. The van der Waals surface area contributed by atoms with Gasteiger partial charge in [0.1, 0.15) is 0 Å². The number of morpholine rings is 1. The highest BCUT2D eigenvalue weighted by atomic mass is 32.2. The third-order valence-electron chi connectivity index (χ3n) is 3.53. The summed E-state index contributed by atoms with van der Waals surface area (Å²) in [4.78, 5) is 14.0. The summed E-state index contributed by atoms with van der Waals surface area (Å²) in [6, 6.07) is 0. The van der Waals surface area contributed by atoms with Crippen molar-refractivity contribution < 1.29 is 17.9 Å². The van der Waals surface area contributed by atoms with E-state index in [0.29, 0.717) is 6.54 Å². The van der Waals surface area contributed by atoms with Crippen LogP contribution in [0.2, 0.25) is 0 Å². The lowest BCUT2D eigenvalue weighted by Crippen LogP contribution is -2.38. The number of allylic oxidation sites excluding steroid dienone is 1. The van der Waals surface area contributed by atoms with Gasteiger partial charge >= 0.3 is 0 Å². The minimum atomic E-state index is -3.06. The Morgan fingerprint density at radius 1 is 1.35 bits per heavy atom. The van der Waals surface area contributed by atoms with E-state index in [1.807, 2.05) is 0 Å². The van der Waals surface area contributed by atoms with Gasteiger partial charge < -0.3 is 10.1 Å². The summed E-state index contributed by atoms with van der Waals surface area (Å²) in [6.45, 7) is 5.09. The number of hydrogen-bond acceptors (Lipinski definition) is 5. The monoisotopic (exact) mass is 302 g/mol. The molecule has 20 heavy (non-hydrogen) atoms. The maximum atomic E-state index is 11.7. The normalized spacial score (nSPS) is 25.7. The maximum absolute atomic E-state index is 11.7. The standard InChI is InChI=1S/C13H22N2O4S/c16-13(10-12-2-9-20(17,18)11-12)14-3-1-4-15-5-7-19-8-6-15/h2,9,12H,1,3-8,10-11H2,(H,14,16). The van der Waals surface area contributed by atoms with Crippen LogP contribution >= 0.6 is 0 Å². The topological polar surface area (TPSA) is 75.7 Å². The van der Waals surface area contributed by atoms with Crippen LogP contribution in [0, 0.1) is 5.92 Å². The molecule has 0 aromatic heterocycles. The van der Waals surface area contributed by atoms with E-state index in [4.69, 9.17) is 4.74 Å². The van der Waals surface area contributed by atoms with Crippen molar-refractivity contribution in [2.24, 2.45) is 5.92 Å². The van der Waals surface area contributed by atoms with Crippen molar-refractivity contribution >= 4 is 15.7 Å². The molecule has 1 atom stereocenters. The van der Waals surface area contributed by atoms with Crippen LogP contribution in [0.3, 0.4) is 0 Å². The first-order valence-electron chi connectivity index (χ1n) is 7.03. The van der Waals surface area contributed by atoms with Crippen LogP contribution in [-0.4, -0.2) is 64.4 Å². The molecule has 1 saturated heterocycles. The van der Waals surface area contributed by atoms with Gasteiger partial charge in [-0.05, 0) is 13.0 Å². The van der Waals surface area contributed by atoms with Gasteiger partial charge in [-0.2, -0.15) is 0 Å². The fraction of sp³-hybridized carbons (Fsp3) is 0.769. The van der Waals surface area contributed by atoms with E-state index in [0.717, 1.165) is 39.3 Å². The van der Waals surface area contributed by atoms with Crippen molar-refractivity contribution in [3.8, 4) is 0 Å². The number of sulfone groups is 1. The minimum absolute atomic E-state index is 0.0637. The molecule has 1 unspecified atom stereocenters. The Morgan fingerprint density at radius 2 is 2.10 bits per heavy atom. The summed E-state index contributed by atoms with van der Waals surface area (Å²) >= 11 is 0. The second-order valence-corrected chi connectivity index (χ2v) is 7.21. The van der Waals surface area contributed by atoms with Crippen LogP contribution in [0.25, 0.3) is 0 Å². The Kier molecular flexibility index (Phi) is 5.56. The van der Waals surface area contributed by atoms with Crippen LogP contribution in [0.5, 0.6) is 0 Å². The highest BCUT2D eigenvalue weighted by Gasteiger charge is 2.23. The molecule has 6 nitrogen and oxygen atoms in total. The minimum Gasteiger partial charge on any atom is -0.379 e. The number of ether oxygens (including phenoxy) is 1. The molecule has 2 rings (SSSR count). The number of nitrogens with one attached hydrogen (secondary N) is 1. The van der Waals surface area contributed by atoms with Crippen molar-refractivity contribution in [3.63, 3.8) is 0 Å². The number of carbonyl (C=O) groups is 1. The lowest BCUT2D eigenvalue weighted by molar-refractivity contribution is -0.121. The van der Waals surface area contributed by atoms with E-state index in [1.54, 1.807) is 6.08 Å². The van der Waals surface area contributed by atoms with Crippen LogP contribution in [0.15, 0.2) is 11.5 Å². The molecule has 1 N–H and O–H groups in total. The molecule has 1 amide bonds. The van der Waals surface area contributed by atoms with Gasteiger partial charge in [0, 0.05) is 37.4 Å². The molecular weight excluding hydrogens is 280 g/mol. The molecule has 114 valence electrons. The molecule has 0 spiro atoms. The summed E-state index contributed by atoms with van der Waals surface area (Å²) in [7, 11) is -3.06. The molecule has 0 radical (unpaired) electrons. The van der Waals surface area contributed by atoms with Gasteiger partial charge in [-0.15, -0.1) is 0 Å². The summed E-state index contributed by atoms with van der Waals surface area (Å²) in [5.41, 5.74) is 0. The molecule has 2 heterocycles. The van der Waals surface area contributed by atoms with E-state index in [2.05, 4.69) is 10.2 Å². The average molecular weight is 302 g/mol. The predicted molar refractivity (Wildman–Crippen MR) is 75.9 cm³/mol. The summed E-state index contributed by atoms with van der Waals surface area (Å²) in [6.07, 6.45) is 2.78. The fourth-order valence-corrected chi connectivity index (χ4v) is 3.83. The van der Waals surface area contributed by atoms with Crippen molar-refractivity contribution in [2.45, 2.75) is 12.8 Å². The Bertz CT molecular complexity index is 455. The SMILES string of the molecule is O=C(CC1C=CS(=O)(=O)C1)NCCCN1CCOCC1. The third kappa shape index (κ3) is 5.22. The Labute approximate surface area is 120 Å². The number of carbonyl (C=O) groups excluding carboxylic acids is 1. The van der Waals surface area contributed by atoms with Crippen molar-refractivity contribution in [1.29, 1.82) is 0 Å². The zero-order chi connectivity index (χ0) is 14.4. The number of hydrogen-bond donors (Lipinski definition) is 1. The highest BCUT2D eigenvalue weighted by molar-refractivity contribution is 7.94. The fourth-order valence-electron chi connectivity index (χ4n) is 2.43. The maximum Gasteiger partial charge on any atom is 0.220 e. The molecule has 7 heteroatoms. The average Bonchev–Trinajstić information content (AvgIpc) is 2.75. The lowest BCUT2D eigenvalue weighted by Gasteiger charge is -2.26. The molecule has 0 aromatic carbocycles. The van der Waals surface area contributed by atoms with E-state index >= 15 is 0 Å². The van der Waals surface area contributed by atoms with Crippen molar-refractivity contribution in [3.05, 3.63) is 11.5 Å². The first kappa shape index (κ1) is 15.5. The van der Waals surface area contributed by atoms with Gasteiger partial charge in [-0.1, -0.05) is 6.08 Å². The predicted octanol–water partition coefficient (Wildman–Crippen LogP) is -0.227. The highest BCUT2D eigenvalue weighted by Crippen LogP contribution is 2.17. The molecule has 0 bridgehead atoms. The van der Waals surface area contributed by atoms with Crippen LogP contribution in [0.4, 0.5) is 0 Å². The third-order valence-corrected chi connectivity index (χ3v) is 4.99. The first-order valence-corrected chi connectivity index (χ1v) is 8.74. The second kappa shape index (κ2) is 7.19. The van der Waals surface area contributed by atoms with Crippen molar-refractivity contribution in [1.82, 2.24) is 10.2 Å². The Morgan fingerprint density at radius 3 is 2.75 bits per heavy atom. The van der Waals surface area contributed by atoms with E-state index in [9.17, 15) is 13.2 Å². The molecular formula is C13H22N2O4S. The van der Waals surface area contributed by atoms with Gasteiger partial charge in [-0.25, -0.2) is 8.42 Å². The first-order chi connectivity index (χ1) is 9.55. The largest absolute Gasteiger partial charge is 0.379 e. The van der Waals surface area contributed by atoms with Gasteiger partial charge in [0.15, 0.2) is 9.84 Å². The summed E-state index contributed by atoms with van der Waals surface area (Å²) < 4.78 is 27.7. The van der Waals surface area contributed by atoms with E-state index in [-0.39, 0.29) is 24.0 Å². The summed E-state index contributed by atoms with van der Waals surface area (Å²) in [5, 5.41) is 4.06. The Balaban J connectivity index is 1.55. The zero-order valence-corrected chi connectivity index (χ0v) is 12.4. The lowest BCUT2D eigenvalue weighted by atomic mass is 10.1. The number of amides is 1. The van der Waals surface area contributed by atoms with Gasteiger partial charge in [0.25, 0.3) is 0 Å². The van der Waals surface area contributed by atoms with Crippen LogP contribution in [-0.2, 0) is 19.4 Å². The molecule has 0 aliphatic carbocycles. The molecule has 1 fully saturated rings. The van der Waals surface area contributed by atoms with E-state index < -0.39 is 9.84 Å². The molecule has 2 aliphatic rings. The van der Waals surface area contributed by atoms with Crippen molar-refractivity contribution in [2.75, 3.05) is 45.1 Å².